The zero-order valence-corrected chi connectivity index (χ0v) is 11.4. The fourth-order valence-electron chi connectivity index (χ4n) is 2.36. The maximum atomic E-state index is 12.4. The van der Waals surface area contributed by atoms with Crippen LogP contribution in [0.5, 0.6) is 11.5 Å². The van der Waals surface area contributed by atoms with Crippen molar-refractivity contribution >= 4 is 5.91 Å². The van der Waals surface area contributed by atoms with Crippen molar-refractivity contribution in [2.75, 3.05) is 33.9 Å². The molecular weight excluding hydrogens is 244 g/mol. The molecule has 0 bridgehead atoms. The van der Waals surface area contributed by atoms with Crippen molar-refractivity contribution in [1.82, 2.24) is 4.90 Å². The molecule has 1 fully saturated rings. The lowest BCUT2D eigenvalue weighted by molar-refractivity contribution is 0.0787. The normalized spacial score (nSPS) is 18.5. The van der Waals surface area contributed by atoms with Gasteiger partial charge in [0.15, 0.2) is 11.5 Å². The molecule has 5 heteroatoms. The lowest BCUT2D eigenvalue weighted by Crippen LogP contribution is -2.29. The lowest BCUT2D eigenvalue weighted by Gasteiger charge is -2.17. The van der Waals surface area contributed by atoms with Gasteiger partial charge in [0.2, 0.25) is 0 Å². The molecule has 5 nitrogen and oxygen atoms in total. The molecule has 1 aromatic carbocycles. The van der Waals surface area contributed by atoms with Crippen LogP contribution in [0.2, 0.25) is 0 Å². The van der Waals surface area contributed by atoms with Crippen LogP contribution < -0.4 is 15.2 Å². The number of methoxy groups -OCH3 is 2. The van der Waals surface area contributed by atoms with E-state index in [4.69, 9.17) is 15.2 Å². The second kappa shape index (κ2) is 5.93. The van der Waals surface area contributed by atoms with Crippen LogP contribution in [-0.2, 0) is 0 Å². The molecule has 0 saturated carbocycles. The number of hydrogen-bond acceptors (Lipinski definition) is 4. The molecule has 0 unspecified atom stereocenters. The minimum absolute atomic E-state index is 0.0249. The number of hydrogen-bond donors (Lipinski definition) is 1. The Balaban J connectivity index is 2.15. The molecule has 0 aliphatic carbocycles. The fraction of sp³-hybridized carbons (Fsp3) is 0.500. The number of carbonyl (C=O) groups excluding carboxylic acids is 1. The third kappa shape index (κ3) is 2.81. The van der Waals surface area contributed by atoms with Crippen LogP contribution in [0.25, 0.3) is 0 Å². The van der Waals surface area contributed by atoms with Crippen molar-refractivity contribution in [3.8, 4) is 11.5 Å². The number of amides is 1. The van der Waals surface area contributed by atoms with E-state index in [0.29, 0.717) is 29.5 Å². The number of nitrogens with zero attached hydrogens (tertiary/aromatic N) is 1. The van der Waals surface area contributed by atoms with Crippen LogP contribution in [0.3, 0.4) is 0 Å². The molecule has 1 atom stereocenters. The zero-order valence-electron chi connectivity index (χ0n) is 11.4. The zero-order chi connectivity index (χ0) is 13.8. The predicted octanol–water partition coefficient (Wildman–Crippen LogP) is 1.12. The summed E-state index contributed by atoms with van der Waals surface area (Å²) in [7, 11) is 3.14. The van der Waals surface area contributed by atoms with Gasteiger partial charge in [0.25, 0.3) is 5.91 Å². The highest BCUT2D eigenvalue weighted by molar-refractivity contribution is 5.95. The quantitative estimate of drug-likeness (QED) is 0.885. The average molecular weight is 264 g/mol. The Hall–Kier alpha value is -1.75. The van der Waals surface area contributed by atoms with Gasteiger partial charge in [-0.1, -0.05) is 0 Å². The van der Waals surface area contributed by atoms with E-state index in [1.54, 1.807) is 32.4 Å². The Bertz CT molecular complexity index is 462. The second-order valence-corrected chi connectivity index (χ2v) is 4.71. The van der Waals surface area contributed by atoms with E-state index in [1.807, 2.05) is 4.90 Å². The highest BCUT2D eigenvalue weighted by Gasteiger charge is 2.26. The Labute approximate surface area is 113 Å². The number of likely N-dealkylation sites (tertiary alicyclic amines) is 1. The molecule has 104 valence electrons. The topological polar surface area (TPSA) is 64.8 Å². The predicted molar refractivity (Wildman–Crippen MR) is 72.6 cm³/mol. The summed E-state index contributed by atoms with van der Waals surface area (Å²) in [5.74, 6) is 1.64. The third-order valence-electron chi connectivity index (χ3n) is 3.54. The summed E-state index contributed by atoms with van der Waals surface area (Å²) in [6, 6.07) is 5.24. The maximum Gasteiger partial charge on any atom is 0.254 e. The van der Waals surface area contributed by atoms with Crippen LogP contribution in [0.4, 0.5) is 0 Å². The lowest BCUT2D eigenvalue weighted by atomic mass is 10.1. The van der Waals surface area contributed by atoms with Crippen molar-refractivity contribution in [1.29, 1.82) is 0 Å². The molecule has 2 rings (SSSR count). The fourth-order valence-corrected chi connectivity index (χ4v) is 2.36. The molecule has 0 aromatic heterocycles. The number of rotatable bonds is 4. The maximum absolute atomic E-state index is 12.4. The molecule has 1 aliphatic rings. The largest absolute Gasteiger partial charge is 0.493 e. The molecule has 1 heterocycles. The highest BCUT2D eigenvalue weighted by atomic mass is 16.5. The van der Waals surface area contributed by atoms with Gasteiger partial charge in [-0.25, -0.2) is 0 Å². The van der Waals surface area contributed by atoms with Crippen molar-refractivity contribution in [3.05, 3.63) is 23.8 Å². The summed E-state index contributed by atoms with van der Waals surface area (Å²) < 4.78 is 10.4. The molecule has 0 radical (unpaired) electrons. The van der Waals surface area contributed by atoms with Gasteiger partial charge in [0, 0.05) is 18.7 Å². The van der Waals surface area contributed by atoms with Crippen LogP contribution in [0.15, 0.2) is 18.2 Å². The Kier molecular flexibility index (Phi) is 4.27. The van der Waals surface area contributed by atoms with Gasteiger partial charge in [-0.05, 0) is 37.1 Å². The monoisotopic (exact) mass is 264 g/mol. The Morgan fingerprint density at radius 3 is 2.68 bits per heavy atom. The molecule has 2 N–H and O–H groups in total. The van der Waals surface area contributed by atoms with Gasteiger partial charge < -0.3 is 20.1 Å². The van der Waals surface area contributed by atoms with Crippen LogP contribution in [-0.4, -0.2) is 44.7 Å². The number of carbonyl (C=O) groups is 1. The van der Waals surface area contributed by atoms with Crippen molar-refractivity contribution in [2.24, 2.45) is 11.7 Å². The molecule has 1 amide bonds. The molecule has 19 heavy (non-hydrogen) atoms. The molecular formula is C14H20N2O3. The standard InChI is InChI=1S/C14H20N2O3/c1-18-12-4-3-11(7-13(12)19-2)14(17)16-6-5-10(8-15)9-16/h3-4,7,10H,5-6,8-9,15H2,1-2H3/t10-/m0/s1. The van der Waals surface area contributed by atoms with E-state index in [2.05, 4.69) is 0 Å². The molecule has 1 aliphatic heterocycles. The highest BCUT2D eigenvalue weighted by Crippen LogP contribution is 2.28. The molecule has 1 aromatic rings. The summed E-state index contributed by atoms with van der Waals surface area (Å²) in [6.07, 6.45) is 0.982. The first-order valence-corrected chi connectivity index (χ1v) is 6.41. The Morgan fingerprint density at radius 2 is 2.11 bits per heavy atom. The third-order valence-corrected chi connectivity index (χ3v) is 3.54. The van der Waals surface area contributed by atoms with Crippen LogP contribution in [0, 0.1) is 5.92 Å². The number of nitrogens with two attached hydrogens (primary N) is 1. The van der Waals surface area contributed by atoms with E-state index in [9.17, 15) is 4.79 Å². The van der Waals surface area contributed by atoms with Gasteiger partial charge in [0.1, 0.15) is 0 Å². The van der Waals surface area contributed by atoms with Gasteiger partial charge in [-0.15, -0.1) is 0 Å². The van der Waals surface area contributed by atoms with Crippen molar-refractivity contribution in [2.45, 2.75) is 6.42 Å². The average Bonchev–Trinajstić information content (AvgIpc) is 2.94. The summed E-state index contributed by atoms with van der Waals surface area (Å²) in [5.41, 5.74) is 6.26. The van der Waals surface area contributed by atoms with Crippen molar-refractivity contribution < 1.29 is 14.3 Å². The first kappa shape index (κ1) is 13.7. The van der Waals surface area contributed by atoms with Gasteiger partial charge >= 0.3 is 0 Å². The van der Waals surface area contributed by atoms with Gasteiger partial charge in [-0.2, -0.15) is 0 Å². The van der Waals surface area contributed by atoms with E-state index >= 15 is 0 Å². The van der Waals surface area contributed by atoms with Crippen molar-refractivity contribution in [3.63, 3.8) is 0 Å². The van der Waals surface area contributed by atoms with Crippen LogP contribution >= 0.6 is 0 Å². The number of benzene rings is 1. The number of ether oxygens (including phenoxy) is 2. The molecule has 1 saturated heterocycles. The van der Waals surface area contributed by atoms with E-state index < -0.39 is 0 Å². The molecule has 0 spiro atoms. The first-order valence-electron chi connectivity index (χ1n) is 6.41. The first-order chi connectivity index (χ1) is 9.19. The minimum atomic E-state index is 0.0249. The van der Waals surface area contributed by atoms with E-state index in [1.165, 1.54) is 0 Å². The van der Waals surface area contributed by atoms with Gasteiger partial charge in [-0.3, -0.25) is 4.79 Å². The van der Waals surface area contributed by atoms with Gasteiger partial charge in [0.05, 0.1) is 14.2 Å². The van der Waals surface area contributed by atoms with Crippen LogP contribution in [0.1, 0.15) is 16.8 Å². The summed E-state index contributed by atoms with van der Waals surface area (Å²) in [6.45, 7) is 2.15. The summed E-state index contributed by atoms with van der Waals surface area (Å²) in [5, 5.41) is 0. The Morgan fingerprint density at radius 1 is 1.37 bits per heavy atom. The summed E-state index contributed by atoms with van der Waals surface area (Å²) in [4.78, 5) is 14.2. The smallest absolute Gasteiger partial charge is 0.254 e. The SMILES string of the molecule is COc1ccc(C(=O)N2CC[C@@H](CN)C2)cc1OC. The minimum Gasteiger partial charge on any atom is -0.493 e. The van der Waals surface area contributed by atoms with E-state index in [-0.39, 0.29) is 5.91 Å². The summed E-state index contributed by atoms with van der Waals surface area (Å²) >= 11 is 0. The second-order valence-electron chi connectivity index (χ2n) is 4.71. The van der Waals surface area contributed by atoms with E-state index in [0.717, 1.165) is 19.5 Å².